The molecule has 1 atom stereocenters. The Morgan fingerprint density at radius 3 is 2.78 bits per heavy atom. The third kappa shape index (κ3) is 3.91. The van der Waals surface area contributed by atoms with Gasteiger partial charge in [0.15, 0.2) is 0 Å². The average Bonchev–Trinajstić information content (AvgIpc) is 2.94. The molecular weight excluding hydrogens is 340 g/mol. The Balaban J connectivity index is 0.00000132. The largest absolute Gasteiger partial charge is 0.338 e. The third-order valence-electron chi connectivity index (χ3n) is 4.11. The number of rotatable bonds is 2. The van der Waals surface area contributed by atoms with E-state index in [0.717, 1.165) is 18.4 Å². The van der Waals surface area contributed by atoms with Crippen LogP contribution in [0.15, 0.2) is 24.3 Å². The summed E-state index contributed by atoms with van der Waals surface area (Å²) < 4.78 is 13.2. The Hall–Kier alpha value is -1.43. The topological polar surface area (TPSA) is 59.2 Å². The Labute approximate surface area is 147 Å². The van der Waals surface area contributed by atoms with Crippen molar-refractivity contribution in [2.75, 3.05) is 19.6 Å². The van der Waals surface area contributed by atoms with Gasteiger partial charge in [-0.15, -0.1) is 24.8 Å². The molecule has 126 valence electrons. The summed E-state index contributed by atoms with van der Waals surface area (Å²) in [5, 5.41) is 0.778. The van der Waals surface area contributed by atoms with Crippen LogP contribution in [0.2, 0.25) is 0 Å². The summed E-state index contributed by atoms with van der Waals surface area (Å²) in [6.45, 7) is 3.84. The lowest BCUT2D eigenvalue weighted by Gasteiger charge is -2.17. The summed E-state index contributed by atoms with van der Waals surface area (Å²) in [6, 6.07) is 6.22. The SMILES string of the molecule is Cc1nc2cc(F)ccc2cc1C(=O)N1CCC(CN)C1.Cl.Cl. The van der Waals surface area contributed by atoms with Crippen LogP contribution in [0.5, 0.6) is 0 Å². The first-order chi connectivity index (χ1) is 10.1. The van der Waals surface area contributed by atoms with Gasteiger partial charge in [-0.25, -0.2) is 4.39 Å². The number of pyridine rings is 1. The molecule has 2 N–H and O–H groups in total. The highest BCUT2D eigenvalue weighted by molar-refractivity contribution is 5.98. The van der Waals surface area contributed by atoms with Crippen molar-refractivity contribution in [1.29, 1.82) is 0 Å². The summed E-state index contributed by atoms with van der Waals surface area (Å²) in [6.07, 6.45) is 0.952. The average molecular weight is 360 g/mol. The van der Waals surface area contributed by atoms with Crippen molar-refractivity contribution in [3.8, 4) is 0 Å². The number of carbonyl (C=O) groups excluding carboxylic acids is 1. The van der Waals surface area contributed by atoms with E-state index < -0.39 is 0 Å². The summed E-state index contributed by atoms with van der Waals surface area (Å²) in [7, 11) is 0. The van der Waals surface area contributed by atoms with Gasteiger partial charge in [-0.2, -0.15) is 0 Å². The number of nitrogens with zero attached hydrogens (tertiary/aromatic N) is 2. The minimum absolute atomic E-state index is 0. The van der Waals surface area contributed by atoms with Gasteiger partial charge in [0, 0.05) is 24.5 Å². The smallest absolute Gasteiger partial charge is 0.255 e. The summed E-state index contributed by atoms with van der Waals surface area (Å²) >= 11 is 0. The van der Waals surface area contributed by atoms with Crippen LogP contribution in [-0.2, 0) is 0 Å². The molecule has 0 bridgehead atoms. The van der Waals surface area contributed by atoms with E-state index in [4.69, 9.17) is 5.73 Å². The summed E-state index contributed by atoms with van der Waals surface area (Å²) in [5.74, 6) is 0.0535. The zero-order valence-corrected chi connectivity index (χ0v) is 14.4. The lowest BCUT2D eigenvalue weighted by Crippen LogP contribution is -2.30. The number of aryl methyl sites for hydroxylation is 1. The zero-order valence-electron chi connectivity index (χ0n) is 12.8. The summed E-state index contributed by atoms with van der Waals surface area (Å²) in [4.78, 5) is 18.8. The molecule has 1 aliphatic rings. The highest BCUT2D eigenvalue weighted by atomic mass is 35.5. The van der Waals surface area contributed by atoms with Crippen molar-refractivity contribution in [2.24, 2.45) is 11.7 Å². The number of likely N-dealkylation sites (tertiary alicyclic amines) is 1. The van der Waals surface area contributed by atoms with Gasteiger partial charge in [0.1, 0.15) is 5.82 Å². The van der Waals surface area contributed by atoms with Crippen molar-refractivity contribution in [3.63, 3.8) is 0 Å². The Morgan fingerprint density at radius 1 is 1.39 bits per heavy atom. The number of benzene rings is 1. The molecule has 0 radical (unpaired) electrons. The van der Waals surface area contributed by atoms with Gasteiger partial charge in [-0.1, -0.05) is 0 Å². The Kier molecular flexibility index (Phi) is 6.74. The number of fused-ring (bicyclic) bond motifs is 1. The Morgan fingerprint density at radius 2 is 2.13 bits per heavy atom. The van der Waals surface area contributed by atoms with Crippen molar-refractivity contribution in [3.05, 3.63) is 41.3 Å². The van der Waals surface area contributed by atoms with Crippen LogP contribution in [0, 0.1) is 18.7 Å². The molecule has 23 heavy (non-hydrogen) atoms. The second-order valence-corrected chi connectivity index (χ2v) is 5.60. The lowest BCUT2D eigenvalue weighted by molar-refractivity contribution is 0.0786. The van der Waals surface area contributed by atoms with Crippen molar-refractivity contribution < 1.29 is 9.18 Å². The van der Waals surface area contributed by atoms with E-state index >= 15 is 0 Å². The number of amides is 1. The molecule has 1 aromatic carbocycles. The molecule has 7 heteroatoms. The first kappa shape index (κ1) is 19.6. The minimum atomic E-state index is -0.321. The lowest BCUT2D eigenvalue weighted by atomic mass is 10.1. The van der Waals surface area contributed by atoms with E-state index in [1.807, 2.05) is 4.90 Å². The normalized spacial score (nSPS) is 16.8. The van der Waals surface area contributed by atoms with Gasteiger partial charge in [-0.3, -0.25) is 9.78 Å². The first-order valence-corrected chi connectivity index (χ1v) is 7.14. The number of halogens is 3. The molecular formula is C16H20Cl2FN3O. The molecule has 1 aliphatic heterocycles. The van der Waals surface area contributed by atoms with Gasteiger partial charge >= 0.3 is 0 Å². The fourth-order valence-corrected chi connectivity index (χ4v) is 2.83. The first-order valence-electron chi connectivity index (χ1n) is 7.14. The summed E-state index contributed by atoms with van der Waals surface area (Å²) in [5.41, 5.74) is 7.47. The molecule has 1 fully saturated rings. The van der Waals surface area contributed by atoms with E-state index in [9.17, 15) is 9.18 Å². The molecule has 1 amide bonds. The third-order valence-corrected chi connectivity index (χ3v) is 4.11. The van der Waals surface area contributed by atoms with Gasteiger partial charge in [0.25, 0.3) is 5.91 Å². The van der Waals surface area contributed by atoms with Gasteiger partial charge < -0.3 is 10.6 Å². The number of aromatic nitrogens is 1. The quantitative estimate of drug-likeness (QED) is 0.896. The second-order valence-electron chi connectivity index (χ2n) is 5.60. The number of hydrogen-bond acceptors (Lipinski definition) is 3. The molecule has 0 saturated carbocycles. The number of hydrogen-bond donors (Lipinski definition) is 1. The fraction of sp³-hybridized carbons (Fsp3) is 0.375. The van der Waals surface area contributed by atoms with E-state index in [-0.39, 0.29) is 36.5 Å². The standard InChI is InChI=1S/C16H18FN3O.2ClH/c1-10-14(16(21)20-5-4-11(8-18)9-20)6-12-2-3-13(17)7-15(12)19-10;;/h2-3,6-7,11H,4-5,8-9,18H2,1H3;2*1H. The molecule has 2 heterocycles. The second kappa shape index (κ2) is 7.90. The molecule has 3 rings (SSSR count). The monoisotopic (exact) mass is 359 g/mol. The fourth-order valence-electron chi connectivity index (χ4n) is 2.83. The highest BCUT2D eigenvalue weighted by Crippen LogP contribution is 2.22. The van der Waals surface area contributed by atoms with Crippen LogP contribution in [0.3, 0.4) is 0 Å². The van der Waals surface area contributed by atoms with Crippen LogP contribution in [0.25, 0.3) is 10.9 Å². The van der Waals surface area contributed by atoms with Crippen molar-refractivity contribution in [1.82, 2.24) is 9.88 Å². The highest BCUT2D eigenvalue weighted by Gasteiger charge is 2.27. The van der Waals surface area contributed by atoms with E-state index in [1.54, 1.807) is 19.1 Å². The molecule has 1 aromatic heterocycles. The molecule has 1 unspecified atom stereocenters. The molecule has 0 aliphatic carbocycles. The van der Waals surface area contributed by atoms with Gasteiger partial charge in [0.05, 0.1) is 16.8 Å². The van der Waals surface area contributed by atoms with Crippen LogP contribution in [0.1, 0.15) is 22.5 Å². The van der Waals surface area contributed by atoms with E-state index in [1.165, 1.54) is 12.1 Å². The van der Waals surface area contributed by atoms with Crippen LogP contribution < -0.4 is 5.73 Å². The van der Waals surface area contributed by atoms with E-state index in [2.05, 4.69) is 4.98 Å². The van der Waals surface area contributed by atoms with Crippen LogP contribution >= 0.6 is 24.8 Å². The molecule has 0 spiro atoms. The van der Waals surface area contributed by atoms with Crippen LogP contribution in [0.4, 0.5) is 4.39 Å². The van der Waals surface area contributed by atoms with Gasteiger partial charge in [0.2, 0.25) is 0 Å². The minimum Gasteiger partial charge on any atom is -0.338 e. The predicted molar refractivity (Wildman–Crippen MR) is 94.0 cm³/mol. The van der Waals surface area contributed by atoms with Crippen LogP contribution in [-0.4, -0.2) is 35.4 Å². The molecule has 2 aromatic rings. The predicted octanol–water partition coefficient (Wildman–Crippen LogP) is 2.95. The van der Waals surface area contributed by atoms with E-state index in [0.29, 0.717) is 35.8 Å². The number of nitrogens with two attached hydrogens (primary N) is 1. The van der Waals surface area contributed by atoms with Crippen molar-refractivity contribution in [2.45, 2.75) is 13.3 Å². The maximum atomic E-state index is 13.2. The van der Waals surface area contributed by atoms with Crippen molar-refractivity contribution >= 4 is 41.6 Å². The maximum Gasteiger partial charge on any atom is 0.255 e. The zero-order chi connectivity index (χ0) is 15.0. The molecule has 1 saturated heterocycles. The molecule has 4 nitrogen and oxygen atoms in total. The van der Waals surface area contributed by atoms with Gasteiger partial charge in [-0.05, 0) is 44.0 Å². The Bertz CT molecular complexity index is 711. The maximum absolute atomic E-state index is 13.2. The number of carbonyl (C=O) groups is 1.